The van der Waals surface area contributed by atoms with E-state index in [0.29, 0.717) is 33.4 Å². The van der Waals surface area contributed by atoms with Crippen molar-refractivity contribution in [3.8, 4) is 5.75 Å². The van der Waals surface area contributed by atoms with Crippen LogP contribution in [0.4, 0.5) is 0 Å². The number of aliphatic hydroxyl groups excluding tert-OH is 1. The Morgan fingerprint density at radius 1 is 1.40 bits per heavy atom. The van der Waals surface area contributed by atoms with Gasteiger partial charge in [0.25, 0.3) is 0 Å². The molecule has 0 unspecified atom stereocenters. The van der Waals surface area contributed by atoms with Gasteiger partial charge in [0, 0.05) is 28.0 Å². The summed E-state index contributed by atoms with van der Waals surface area (Å²) in [5.74, 6) is -0.00169. The lowest BCUT2D eigenvalue weighted by atomic mass is 10.1. The molecule has 0 aliphatic carbocycles. The molecule has 128 valence electrons. The molecule has 0 fully saturated rings. The van der Waals surface area contributed by atoms with Crippen molar-refractivity contribution < 1.29 is 14.6 Å². The predicted molar refractivity (Wildman–Crippen MR) is 98.0 cm³/mol. The topological polar surface area (TPSA) is 95.9 Å². The largest absolute Gasteiger partial charge is 0.506 e. The van der Waals surface area contributed by atoms with Crippen molar-refractivity contribution in [2.45, 2.75) is 20.1 Å². The van der Waals surface area contributed by atoms with Crippen molar-refractivity contribution in [1.82, 2.24) is 4.98 Å². The van der Waals surface area contributed by atoms with E-state index in [0.717, 1.165) is 4.47 Å². The molecule has 0 radical (unpaired) electrons. The molecule has 0 saturated carbocycles. The molecule has 0 spiro atoms. The van der Waals surface area contributed by atoms with Crippen molar-refractivity contribution in [3.63, 3.8) is 0 Å². The Morgan fingerprint density at radius 3 is 2.96 bits per heavy atom. The number of aliphatic hydroxyl groups is 1. The molecule has 0 amide bonds. The minimum Gasteiger partial charge on any atom is -0.506 e. The lowest BCUT2D eigenvalue weighted by Crippen LogP contribution is -2.08. The molecule has 6 nitrogen and oxygen atoms in total. The highest BCUT2D eigenvalue weighted by molar-refractivity contribution is 9.10. The Hall–Kier alpha value is -2.51. The predicted octanol–water partition coefficient (Wildman–Crippen LogP) is 3.08. The third-order valence-corrected chi connectivity index (χ3v) is 4.33. The fraction of sp³-hybridized carbons (Fsp3) is 0.167. The number of aromatic hydroxyl groups is 1. The molecule has 2 aromatic heterocycles. The van der Waals surface area contributed by atoms with Crippen molar-refractivity contribution in [2.24, 2.45) is 4.99 Å². The number of fused-ring (bicyclic) bond motifs is 1. The van der Waals surface area contributed by atoms with Gasteiger partial charge in [0.15, 0.2) is 0 Å². The second kappa shape index (κ2) is 7.16. The third kappa shape index (κ3) is 3.47. The summed E-state index contributed by atoms with van der Waals surface area (Å²) in [6.07, 6.45) is 4.26. The van der Waals surface area contributed by atoms with Gasteiger partial charge in [0.1, 0.15) is 17.6 Å². The number of hydrogen-bond acceptors (Lipinski definition) is 6. The van der Waals surface area contributed by atoms with E-state index in [9.17, 15) is 15.0 Å². The van der Waals surface area contributed by atoms with Crippen molar-refractivity contribution in [2.75, 3.05) is 0 Å². The number of rotatable bonds is 4. The van der Waals surface area contributed by atoms with Crippen LogP contribution in [0.1, 0.15) is 22.4 Å². The summed E-state index contributed by atoms with van der Waals surface area (Å²) in [5, 5.41) is 19.9. The average Bonchev–Trinajstić information content (AvgIpc) is 2.61. The zero-order valence-electron chi connectivity index (χ0n) is 13.4. The maximum absolute atomic E-state index is 12.5. The normalized spacial score (nSPS) is 11.5. The number of aryl methyl sites for hydroxylation is 1. The molecule has 0 atom stereocenters. The van der Waals surface area contributed by atoms with Gasteiger partial charge in [-0.2, -0.15) is 0 Å². The molecule has 2 heterocycles. The van der Waals surface area contributed by atoms with Gasteiger partial charge in [0.05, 0.1) is 29.8 Å². The summed E-state index contributed by atoms with van der Waals surface area (Å²) in [7, 11) is 0. The quantitative estimate of drug-likeness (QED) is 0.653. The highest BCUT2D eigenvalue weighted by Gasteiger charge is 2.11. The molecule has 2 N–H and O–H groups in total. The van der Waals surface area contributed by atoms with E-state index in [2.05, 4.69) is 25.9 Å². The van der Waals surface area contributed by atoms with Crippen LogP contribution in [0.2, 0.25) is 0 Å². The Balaban J connectivity index is 1.94. The first kappa shape index (κ1) is 17.3. The summed E-state index contributed by atoms with van der Waals surface area (Å²) < 4.78 is 6.24. The van der Waals surface area contributed by atoms with E-state index in [4.69, 9.17) is 4.42 Å². The molecule has 3 aromatic rings. The third-order valence-electron chi connectivity index (χ3n) is 3.84. The lowest BCUT2D eigenvalue weighted by Gasteiger charge is -2.08. The second-order valence-electron chi connectivity index (χ2n) is 5.48. The Labute approximate surface area is 151 Å². The molecule has 25 heavy (non-hydrogen) atoms. The molecule has 3 rings (SSSR count). The monoisotopic (exact) mass is 402 g/mol. The van der Waals surface area contributed by atoms with E-state index < -0.39 is 0 Å². The maximum Gasteiger partial charge on any atom is 0.201 e. The van der Waals surface area contributed by atoms with Crippen LogP contribution in [0.25, 0.3) is 11.0 Å². The standard InChI is InChI=1S/C18H15BrN2O4/c1-10-17(23)15(11(8-22)6-21-10)7-20-5-12-9-25-16-3-2-13(19)4-14(16)18(12)24/h2-6,9,22-23H,7-8H2,1H3. The number of pyridine rings is 1. The molecular weight excluding hydrogens is 388 g/mol. The summed E-state index contributed by atoms with van der Waals surface area (Å²) in [6, 6.07) is 5.21. The van der Waals surface area contributed by atoms with Gasteiger partial charge in [-0.15, -0.1) is 0 Å². The lowest BCUT2D eigenvalue weighted by molar-refractivity contribution is 0.279. The SMILES string of the molecule is Cc1ncc(CO)c(CN=Cc2coc3ccc(Br)cc3c2=O)c1O. The van der Waals surface area contributed by atoms with Gasteiger partial charge in [-0.3, -0.25) is 14.8 Å². The number of aromatic nitrogens is 1. The molecule has 0 saturated heterocycles. The minimum absolute atomic E-state index is 0.00169. The van der Waals surface area contributed by atoms with Crippen LogP contribution in [0.15, 0.2) is 49.3 Å². The molecule has 1 aromatic carbocycles. The molecule has 0 aliphatic heterocycles. The van der Waals surface area contributed by atoms with Crippen molar-refractivity contribution in [3.05, 3.63) is 67.7 Å². The van der Waals surface area contributed by atoms with Crippen LogP contribution in [0.5, 0.6) is 5.75 Å². The van der Waals surface area contributed by atoms with Crippen LogP contribution < -0.4 is 5.43 Å². The van der Waals surface area contributed by atoms with E-state index in [-0.39, 0.29) is 24.3 Å². The van der Waals surface area contributed by atoms with Crippen molar-refractivity contribution in [1.29, 1.82) is 0 Å². The number of halogens is 1. The van der Waals surface area contributed by atoms with Gasteiger partial charge < -0.3 is 14.6 Å². The summed E-state index contributed by atoms with van der Waals surface area (Å²) in [4.78, 5) is 20.7. The van der Waals surface area contributed by atoms with E-state index in [1.165, 1.54) is 18.7 Å². The number of aliphatic imine (C=N–C) groups is 1. The summed E-state index contributed by atoms with van der Waals surface area (Å²) in [5.41, 5.74) is 2.05. The molecule has 0 bridgehead atoms. The van der Waals surface area contributed by atoms with Gasteiger partial charge in [-0.25, -0.2) is 0 Å². The van der Waals surface area contributed by atoms with Crippen LogP contribution in [0, 0.1) is 6.92 Å². The van der Waals surface area contributed by atoms with Crippen LogP contribution in [-0.4, -0.2) is 21.4 Å². The van der Waals surface area contributed by atoms with Crippen molar-refractivity contribution >= 4 is 33.1 Å². The second-order valence-corrected chi connectivity index (χ2v) is 6.40. The number of benzene rings is 1. The molecule has 0 aliphatic rings. The fourth-order valence-electron chi connectivity index (χ4n) is 2.44. The zero-order valence-corrected chi connectivity index (χ0v) is 14.9. The van der Waals surface area contributed by atoms with Gasteiger partial charge in [0.2, 0.25) is 5.43 Å². The summed E-state index contributed by atoms with van der Waals surface area (Å²) >= 11 is 3.33. The Bertz CT molecular complexity index is 1030. The first-order valence-electron chi connectivity index (χ1n) is 7.49. The zero-order chi connectivity index (χ0) is 18.0. The first-order chi connectivity index (χ1) is 12.0. The summed E-state index contributed by atoms with van der Waals surface area (Å²) in [6.45, 7) is 1.53. The highest BCUT2D eigenvalue weighted by atomic mass is 79.9. The first-order valence-corrected chi connectivity index (χ1v) is 8.28. The van der Waals surface area contributed by atoms with E-state index in [1.807, 2.05) is 0 Å². The van der Waals surface area contributed by atoms with E-state index >= 15 is 0 Å². The Kier molecular flexibility index (Phi) is 4.96. The van der Waals surface area contributed by atoms with Crippen LogP contribution >= 0.6 is 15.9 Å². The molecule has 7 heteroatoms. The van der Waals surface area contributed by atoms with Gasteiger partial charge >= 0.3 is 0 Å². The molecular formula is C18H15BrN2O4. The van der Waals surface area contributed by atoms with E-state index in [1.54, 1.807) is 25.1 Å². The smallest absolute Gasteiger partial charge is 0.201 e. The minimum atomic E-state index is -0.252. The average molecular weight is 403 g/mol. The van der Waals surface area contributed by atoms with Crippen LogP contribution in [0.3, 0.4) is 0 Å². The van der Waals surface area contributed by atoms with Gasteiger partial charge in [-0.1, -0.05) is 15.9 Å². The fourth-order valence-corrected chi connectivity index (χ4v) is 2.80. The maximum atomic E-state index is 12.5. The highest BCUT2D eigenvalue weighted by Crippen LogP contribution is 2.24. The number of nitrogens with zero attached hydrogens (tertiary/aromatic N) is 2. The Morgan fingerprint density at radius 2 is 2.20 bits per heavy atom. The van der Waals surface area contributed by atoms with Gasteiger partial charge in [-0.05, 0) is 25.1 Å². The number of hydrogen-bond donors (Lipinski definition) is 2. The van der Waals surface area contributed by atoms with Crippen LogP contribution in [-0.2, 0) is 13.2 Å².